The number of thiazole rings is 1. The number of ether oxygens (including phenoxy) is 1. The molecule has 0 aliphatic heterocycles. The van der Waals surface area contributed by atoms with Crippen LogP contribution >= 0.6 is 34.3 Å². The monoisotopic (exact) mass is 437 g/mol. The Morgan fingerprint density at radius 2 is 2.00 bits per heavy atom. The van der Waals surface area contributed by atoms with Gasteiger partial charge in [0, 0.05) is 18.0 Å². The van der Waals surface area contributed by atoms with E-state index in [1.165, 1.54) is 11.3 Å². The van der Waals surface area contributed by atoms with Gasteiger partial charge < -0.3 is 9.64 Å². The van der Waals surface area contributed by atoms with Crippen molar-refractivity contribution in [1.29, 1.82) is 0 Å². The van der Waals surface area contributed by atoms with Crippen LogP contribution in [0.3, 0.4) is 0 Å². The summed E-state index contributed by atoms with van der Waals surface area (Å²) in [5.41, 5.74) is 0.701. The number of hydrogen-bond donors (Lipinski definition) is 0. The van der Waals surface area contributed by atoms with Crippen LogP contribution in [0.5, 0.6) is 5.75 Å². The highest BCUT2D eigenvalue weighted by atomic mass is 35.5. The summed E-state index contributed by atoms with van der Waals surface area (Å²) < 4.78 is 6.27. The Kier molecular flexibility index (Phi) is 7.29. The fourth-order valence-electron chi connectivity index (χ4n) is 2.99. The molecule has 0 fully saturated rings. The average Bonchev–Trinajstić information content (AvgIpc) is 3.36. The molecular weight excluding hydrogens is 414 g/mol. The lowest BCUT2D eigenvalue weighted by atomic mass is 10.3. The molecule has 0 saturated heterocycles. The molecule has 0 atom stereocenters. The van der Waals surface area contributed by atoms with Crippen LogP contribution in [0.2, 0.25) is 5.02 Å². The number of fused-ring (bicyclic) bond motifs is 1. The van der Waals surface area contributed by atoms with Crippen LogP contribution in [0, 0.1) is 0 Å². The molecule has 1 aromatic carbocycles. The van der Waals surface area contributed by atoms with Crippen molar-refractivity contribution in [3.05, 3.63) is 39.5 Å². The van der Waals surface area contributed by atoms with Gasteiger partial charge in [-0.05, 0) is 36.7 Å². The van der Waals surface area contributed by atoms with Gasteiger partial charge in [-0.15, -0.1) is 11.3 Å². The van der Waals surface area contributed by atoms with Gasteiger partial charge in [-0.3, -0.25) is 9.69 Å². The Balaban J connectivity index is 1.94. The molecule has 0 aliphatic rings. The maximum absolute atomic E-state index is 13.1. The highest BCUT2D eigenvalue weighted by Gasteiger charge is 2.23. The van der Waals surface area contributed by atoms with Crippen molar-refractivity contribution in [2.45, 2.75) is 20.3 Å². The zero-order chi connectivity index (χ0) is 20.1. The number of carbonyl (C=O) groups is 1. The van der Waals surface area contributed by atoms with E-state index in [2.05, 4.69) is 18.7 Å². The Morgan fingerprint density at radius 3 is 2.64 bits per heavy atom. The van der Waals surface area contributed by atoms with E-state index >= 15 is 0 Å². The van der Waals surface area contributed by atoms with Gasteiger partial charge in [-0.25, -0.2) is 4.98 Å². The lowest BCUT2D eigenvalue weighted by Crippen LogP contribution is -2.39. The fraction of sp³-hybridized carbons (Fsp3) is 0.400. The van der Waals surface area contributed by atoms with E-state index in [1.807, 2.05) is 23.6 Å². The molecule has 0 spiro atoms. The zero-order valence-electron chi connectivity index (χ0n) is 16.3. The number of rotatable bonds is 9. The van der Waals surface area contributed by atoms with Crippen molar-refractivity contribution in [2.75, 3.05) is 38.2 Å². The minimum atomic E-state index is 0.0451. The van der Waals surface area contributed by atoms with Crippen LogP contribution in [0.15, 0.2) is 29.6 Å². The molecule has 2 heterocycles. The number of thiophene rings is 1. The second-order valence-corrected chi connectivity index (χ2v) is 8.67. The summed E-state index contributed by atoms with van der Waals surface area (Å²) in [7, 11) is 1.61. The van der Waals surface area contributed by atoms with E-state index in [0.29, 0.717) is 34.4 Å². The minimum absolute atomic E-state index is 0.0451. The molecule has 0 unspecified atom stereocenters. The topological polar surface area (TPSA) is 45.7 Å². The Morgan fingerprint density at radius 1 is 1.21 bits per heavy atom. The van der Waals surface area contributed by atoms with E-state index in [-0.39, 0.29) is 5.91 Å². The van der Waals surface area contributed by atoms with E-state index < -0.39 is 0 Å². The van der Waals surface area contributed by atoms with Gasteiger partial charge in [0.2, 0.25) is 5.91 Å². The normalized spacial score (nSPS) is 11.3. The molecule has 3 aromatic rings. The molecule has 150 valence electrons. The lowest BCUT2D eigenvalue weighted by Gasteiger charge is -2.24. The zero-order valence-corrected chi connectivity index (χ0v) is 18.7. The van der Waals surface area contributed by atoms with E-state index in [1.54, 1.807) is 29.4 Å². The molecule has 8 heteroatoms. The predicted molar refractivity (Wildman–Crippen MR) is 119 cm³/mol. The van der Waals surface area contributed by atoms with Crippen molar-refractivity contribution in [1.82, 2.24) is 9.88 Å². The van der Waals surface area contributed by atoms with E-state index in [0.717, 1.165) is 29.2 Å². The Bertz CT molecular complexity index is 923. The molecular formula is C20H24ClN3O2S2. The van der Waals surface area contributed by atoms with E-state index in [9.17, 15) is 4.79 Å². The largest absolute Gasteiger partial charge is 0.494 e. The summed E-state index contributed by atoms with van der Waals surface area (Å²) in [6.45, 7) is 7.54. The quantitative estimate of drug-likeness (QED) is 0.475. The lowest BCUT2D eigenvalue weighted by molar-refractivity contribution is -0.118. The van der Waals surface area contributed by atoms with Gasteiger partial charge in [0.1, 0.15) is 11.3 Å². The van der Waals surface area contributed by atoms with Crippen LogP contribution in [-0.2, 0) is 11.2 Å². The first-order chi connectivity index (χ1) is 13.6. The molecule has 28 heavy (non-hydrogen) atoms. The van der Waals surface area contributed by atoms with Gasteiger partial charge >= 0.3 is 0 Å². The van der Waals surface area contributed by atoms with Crippen molar-refractivity contribution in [3.8, 4) is 5.75 Å². The van der Waals surface area contributed by atoms with Crippen LogP contribution < -0.4 is 9.64 Å². The second kappa shape index (κ2) is 9.69. The number of anilines is 1. The smallest absolute Gasteiger partial charge is 0.234 e. The standard InChI is InChI=1S/C20H24ClN3O2S2/c1-4-23(5-2)10-11-24(17(25)13-14-7-6-12-27-14)20-22-18-16(26-3)9-8-15(21)19(18)28-20/h6-9,12H,4-5,10-11,13H2,1-3H3. The minimum Gasteiger partial charge on any atom is -0.494 e. The first-order valence-corrected chi connectivity index (χ1v) is 11.3. The number of aromatic nitrogens is 1. The number of methoxy groups -OCH3 is 1. The highest BCUT2D eigenvalue weighted by molar-refractivity contribution is 7.23. The van der Waals surface area contributed by atoms with Crippen molar-refractivity contribution in [3.63, 3.8) is 0 Å². The number of likely N-dealkylation sites (N-methyl/N-ethyl adjacent to an activating group) is 1. The third-order valence-electron chi connectivity index (χ3n) is 4.64. The van der Waals surface area contributed by atoms with Gasteiger partial charge in [0.15, 0.2) is 5.13 Å². The first-order valence-electron chi connectivity index (χ1n) is 9.25. The molecule has 0 aliphatic carbocycles. The van der Waals surface area contributed by atoms with Gasteiger partial charge in [-0.1, -0.05) is 42.9 Å². The van der Waals surface area contributed by atoms with Crippen LogP contribution in [0.4, 0.5) is 5.13 Å². The van der Waals surface area contributed by atoms with E-state index in [4.69, 9.17) is 21.3 Å². The highest BCUT2D eigenvalue weighted by Crippen LogP contribution is 2.38. The summed E-state index contributed by atoms with van der Waals surface area (Å²) in [6.07, 6.45) is 0.372. The van der Waals surface area contributed by atoms with Gasteiger partial charge in [-0.2, -0.15) is 0 Å². The molecule has 1 amide bonds. The number of carbonyl (C=O) groups excluding carboxylic acids is 1. The fourth-order valence-corrected chi connectivity index (χ4v) is 4.98. The van der Waals surface area contributed by atoms with Crippen LogP contribution in [0.25, 0.3) is 10.2 Å². The van der Waals surface area contributed by atoms with Crippen molar-refractivity contribution < 1.29 is 9.53 Å². The van der Waals surface area contributed by atoms with Crippen molar-refractivity contribution in [2.24, 2.45) is 0 Å². The average molecular weight is 438 g/mol. The first kappa shape index (κ1) is 21.0. The summed E-state index contributed by atoms with van der Waals surface area (Å²) in [5.74, 6) is 0.708. The Labute approximate surface area is 178 Å². The molecule has 5 nitrogen and oxygen atoms in total. The number of hydrogen-bond acceptors (Lipinski definition) is 6. The predicted octanol–water partition coefficient (Wildman–Crippen LogP) is 4.94. The second-order valence-electron chi connectivity index (χ2n) is 6.25. The van der Waals surface area contributed by atoms with Crippen LogP contribution in [0.1, 0.15) is 18.7 Å². The van der Waals surface area contributed by atoms with Gasteiger partial charge in [0.05, 0.1) is 23.3 Å². The number of benzene rings is 1. The molecule has 3 rings (SSSR count). The third-order valence-corrected chi connectivity index (χ3v) is 7.05. The molecule has 2 aromatic heterocycles. The van der Waals surface area contributed by atoms with Crippen molar-refractivity contribution >= 4 is 55.5 Å². The molecule has 0 N–H and O–H groups in total. The summed E-state index contributed by atoms with van der Waals surface area (Å²) in [4.78, 5) is 23.0. The summed E-state index contributed by atoms with van der Waals surface area (Å²) >= 11 is 9.41. The number of amides is 1. The van der Waals surface area contributed by atoms with Gasteiger partial charge in [0.25, 0.3) is 0 Å². The maximum atomic E-state index is 13.1. The summed E-state index contributed by atoms with van der Waals surface area (Å²) in [5, 5.41) is 3.27. The molecule has 0 bridgehead atoms. The van der Waals surface area contributed by atoms with Crippen LogP contribution in [-0.4, -0.2) is 49.1 Å². The Hall–Kier alpha value is -1.67. The third kappa shape index (κ3) is 4.66. The number of halogens is 1. The molecule has 0 radical (unpaired) electrons. The SMILES string of the molecule is CCN(CC)CCN(C(=O)Cc1cccs1)c1nc2c(OC)ccc(Cl)c2s1. The molecule has 0 saturated carbocycles. The number of nitrogens with zero attached hydrogens (tertiary/aromatic N) is 3. The maximum Gasteiger partial charge on any atom is 0.234 e. The summed E-state index contributed by atoms with van der Waals surface area (Å²) in [6, 6.07) is 7.57.